The number of fused-ring (bicyclic) bond motifs is 1. The number of rotatable bonds is 5. The third-order valence-corrected chi connectivity index (χ3v) is 6.39. The van der Waals surface area contributed by atoms with Crippen LogP contribution in [0.15, 0.2) is 48.8 Å². The summed E-state index contributed by atoms with van der Waals surface area (Å²) in [5.74, 6) is 0.294. The van der Waals surface area contributed by atoms with Gasteiger partial charge in [-0.3, -0.25) is 4.79 Å². The number of likely N-dealkylation sites (tertiary alicyclic amines) is 1. The van der Waals surface area contributed by atoms with Gasteiger partial charge in [0.1, 0.15) is 24.0 Å². The summed E-state index contributed by atoms with van der Waals surface area (Å²) in [7, 11) is 0. The summed E-state index contributed by atoms with van der Waals surface area (Å²) in [4.78, 5) is 23.1. The summed E-state index contributed by atoms with van der Waals surface area (Å²) in [6, 6.07) is 11.8. The van der Waals surface area contributed by atoms with E-state index in [4.69, 9.17) is 25.8 Å². The van der Waals surface area contributed by atoms with Gasteiger partial charge in [-0.2, -0.15) is 0 Å². The molecule has 1 spiro atoms. The number of carbonyl (C=O) groups is 1. The van der Waals surface area contributed by atoms with Crippen LogP contribution >= 0.6 is 11.6 Å². The van der Waals surface area contributed by atoms with Gasteiger partial charge in [0.05, 0.1) is 28.1 Å². The van der Waals surface area contributed by atoms with E-state index in [-0.39, 0.29) is 23.6 Å². The molecule has 0 unspecified atom stereocenters. The van der Waals surface area contributed by atoms with E-state index in [0.717, 1.165) is 23.7 Å². The van der Waals surface area contributed by atoms with E-state index in [1.165, 1.54) is 18.5 Å². The quantitative estimate of drug-likeness (QED) is 0.559. The van der Waals surface area contributed by atoms with Gasteiger partial charge in [-0.15, -0.1) is 0 Å². The van der Waals surface area contributed by atoms with Crippen LogP contribution < -0.4 is 9.47 Å². The first-order valence-electron chi connectivity index (χ1n) is 10.9. The molecule has 1 aromatic heterocycles. The van der Waals surface area contributed by atoms with Crippen LogP contribution in [0.2, 0.25) is 5.02 Å². The molecule has 2 atom stereocenters. The second-order valence-corrected chi connectivity index (χ2v) is 8.82. The lowest BCUT2D eigenvalue weighted by molar-refractivity contribution is -0.141. The molecule has 0 aliphatic carbocycles. The molecule has 0 N–H and O–H groups in total. The predicted octanol–water partition coefficient (Wildman–Crippen LogP) is 4.03. The highest BCUT2D eigenvalue weighted by Gasteiger charge is 2.45. The fraction of sp³-hybridized carbons (Fsp3) is 0.375. The number of aromatic nitrogens is 2. The topological polar surface area (TPSA) is 73.8 Å². The van der Waals surface area contributed by atoms with Gasteiger partial charge in [-0.25, -0.2) is 14.4 Å². The standard InChI is InChI=1S/C24H23ClFN3O4/c25-19-10-16(6-7-20(19)26)33-17-11-24(32-12-17)8-3-9-29(14-24)22(30)13-31-23-18-4-1-2-5-21(18)27-15-28-23/h1-2,4-7,10,15,17H,3,8-9,11-14H2/t17-,24-/m1/s1. The zero-order valence-corrected chi connectivity index (χ0v) is 18.6. The fourth-order valence-corrected chi connectivity index (χ4v) is 4.70. The molecule has 2 aromatic carbocycles. The normalized spacial score (nSPS) is 22.6. The number of amides is 1. The van der Waals surface area contributed by atoms with Crippen molar-refractivity contribution in [2.45, 2.75) is 31.0 Å². The lowest BCUT2D eigenvalue weighted by Crippen LogP contribution is -2.51. The number of hydrogen-bond acceptors (Lipinski definition) is 6. The third kappa shape index (κ3) is 4.72. The van der Waals surface area contributed by atoms with Gasteiger partial charge >= 0.3 is 0 Å². The minimum atomic E-state index is -0.484. The Bertz CT molecular complexity index is 1170. The van der Waals surface area contributed by atoms with E-state index in [2.05, 4.69) is 9.97 Å². The lowest BCUT2D eigenvalue weighted by atomic mass is 9.89. The SMILES string of the molecule is O=C(COc1ncnc2ccccc12)N1CCC[C@@]2(C[C@@H](Oc3ccc(F)c(Cl)c3)CO2)C1. The van der Waals surface area contributed by atoms with E-state index in [9.17, 15) is 9.18 Å². The maximum Gasteiger partial charge on any atom is 0.260 e. The number of para-hydroxylation sites is 1. The van der Waals surface area contributed by atoms with Crippen LogP contribution in [0.5, 0.6) is 11.6 Å². The lowest BCUT2D eigenvalue weighted by Gasteiger charge is -2.39. The highest BCUT2D eigenvalue weighted by molar-refractivity contribution is 6.30. The molecule has 3 aromatic rings. The van der Waals surface area contributed by atoms with Crippen molar-refractivity contribution in [3.63, 3.8) is 0 Å². The molecule has 0 saturated carbocycles. The number of benzene rings is 2. The van der Waals surface area contributed by atoms with E-state index in [1.807, 2.05) is 24.3 Å². The van der Waals surface area contributed by atoms with Crippen molar-refractivity contribution in [3.8, 4) is 11.6 Å². The number of nitrogens with zero attached hydrogens (tertiary/aromatic N) is 3. The van der Waals surface area contributed by atoms with Gasteiger partial charge < -0.3 is 19.1 Å². The van der Waals surface area contributed by atoms with Crippen LogP contribution in [0.3, 0.4) is 0 Å². The molecule has 2 saturated heterocycles. The maximum absolute atomic E-state index is 13.4. The first-order chi connectivity index (χ1) is 16.0. The molecule has 9 heteroatoms. The first-order valence-corrected chi connectivity index (χ1v) is 11.3. The smallest absolute Gasteiger partial charge is 0.260 e. The van der Waals surface area contributed by atoms with Gasteiger partial charge in [0.2, 0.25) is 5.88 Å². The van der Waals surface area contributed by atoms with E-state index < -0.39 is 11.4 Å². The van der Waals surface area contributed by atoms with Crippen molar-refractivity contribution < 1.29 is 23.4 Å². The second kappa shape index (κ2) is 9.11. The summed E-state index contributed by atoms with van der Waals surface area (Å²) in [5.41, 5.74) is 0.309. The Morgan fingerprint density at radius 1 is 1.27 bits per heavy atom. The van der Waals surface area contributed by atoms with E-state index in [1.54, 1.807) is 11.0 Å². The van der Waals surface area contributed by atoms with Crippen molar-refractivity contribution in [2.24, 2.45) is 0 Å². The minimum absolute atomic E-state index is 0.0204. The molecule has 172 valence electrons. The maximum atomic E-state index is 13.4. The molecule has 3 heterocycles. The molecule has 7 nitrogen and oxygen atoms in total. The van der Waals surface area contributed by atoms with Gasteiger partial charge in [-0.05, 0) is 37.1 Å². The highest BCUT2D eigenvalue weighted by Crippen LogP contribution is 2.36. The Labute approximate surface area is 195 Å². The first kappa shape index (κ1) is 21.9. The van der Waals surface area contributed by atoms with Crippen LogP contribution in [0.25, 0.3) is 10.9 Å². The molecule has 0 radical (unpaired) electrons. The average molecular weight is 472 g/mol. The van der Waals surface area contributed by atoms with Gasteiger partial charge in [0, 0.05) is 25.6 Å². The molecular weight excluding hydrogens is 449 g/mol. The Morgan fingerprint density at radius 2 is 2.15 bits per heavy atom. The Morgan fingerprint density at radius 3 is 3.03 bits per heavy atom. The summed E-state index contributed by atoms with van der Waals surface area (Å²) in [6.07, 6.45) is 3.56. The minimum Gasteiger partial charge on any atom is -0.488 e. The van der Waals surface area contributed by atoms with E-state index in [0.29, 0.717) is 37.7 Å². The molecule has 5 rings (SSSR count). The molecule has 2 aliphatic rings. The van der Waals surface area contributed by atoms with Gasteiger partial charge in [0.15, 0.2) is 6.61 Å². The monoisotopic (exact) mass is 471 g/mol. The summed E-state index contributed by atoms with van der Waals surface area (Å²) in [5, 5.41) is 0.787. The molecule has 2 fully saturated rings. The molecular formula is C24H23ClFN3O4. The number of ether oxygens (including phenoxy) is 3. The van der Waals surface area contributed by atoms with Crippen molar-refractivity contribution in [2.75, 3.05) is 26.3 Å². The van der Waals surface area contributed by atoms with Crippen LogP contribution in [0.1, 0.15) is 19.3 Å². The molecule has 1 amide bonds. The second-order valence-electron chi connectivity index (χ2n) is 8.42. The van der Waals surface area contributed by atoms with Crippen LogP contribution in [-0.4, -0.2) is 58.8 Å². The zero-order chi connectivity index (χ0) is 22.8. The number of hydrogen-bond donors (Lipinski definition) is 0. The largest absolute Gasteiger partial charge is 0.488 e. The Balaban J connectivity index is 1.19. The molecule has 2 aliphatic heterocycles. The summed E-state index contributed by atoms with van der Waals surface area (Å²) >= 11 is 5.85. The average Bonchev–Trinajstić information content (AvgIpc) is 3.21. The summed E-state index contributed by atoms with van der Waals surface area (Å²) < 4.78 is 31.2. The van der Waals surface area contributed by atoms with Gasteiger partial charge in [0.25, 0.3) is 5.91 Å². The summed E-state index contributed by atoms with van der Waals surface area (Å²) in [6.45, 7) is 1.42. The number of halogens is 2. The Hall–Kier alpha value is -2.97. The van der Waals surface area contributed by atoms with E-state index >= 15 is 0 Å². The van der Waals surface area contributed by atoms with Crippen LogP contribution in [-0.2, 0) is 9.53 Å². The van der Waals surface area contributed by atoms with Crippen LogP contribution in [0, 0.1) is 5.82 Å². The predicted molar refractivity (Wildman–Crippen MR) is 120 cm³/mol. The fourth-order valence-electron chi connectivity index (χ4n) is 4.53. The van der Waals surface area contributed by atoms with Crippen molar-refractivity contribution in [1.82, 2.24) is 14.9 Å². The number of piperidine rings is 1. The van der Waals surface area contributed by atoms with Crippen LogP contribution in [0.4, 0.5) is 4.39 Å². The van der Waals surface area contributed by atoms with Crippen molar-refractivity contribution >= 4 is 28.4 Å². The molecule has 33 heavy (non-hydrogen) atoms. The van der Waals surface area contributed by atoms with Crippen molar-refractivity contribution in [3.05, 3.63) is 59.6 Å². The zero-order valence-electron chi connectivity index (χ0n) is 17.9. The Kier molecular flexibility index (Phi) is 6.03. The third-order valence-electron chi connectivity index (χ3n) is 6.10. The van der Waals surface area contributed by atoms with Crippen molar-refractivity contribution in [1.29, 1.82) is 0 Å². The van der Waals surface area contributed by atoms with Gasteiger partial charge in [-0.1, -0.05) is 23.7 Å². The number of carbonyl (C=O) groups excluding carboxylic acids is 1. The highest BCUT2D eigenvalue weighted by atomic mass is 35.5. The molecule has 0 bridgehead atoms.